The van der Waals surface area contributed by atoms with Gasteiger partial charge < -0.3 is 29.2 Å². The van der Waals surface area contributed by atoms with Crippen molar-refractivity contribution in [2.24, 2.45) is 4.99 Å². The minimum Gasteiger partial charge on any atom is -0.492 e. The first-order valence-electron chi connectivity index (χ1n) is 12.1. The molecule has 3 saturated heterocycles. The van der Waals surface area contributed by atoms with Crippen LogP contribution in [0, 0.1) is 0 Å². The van der Waals surface area contributed by atoms with E-state index in [4.69, 9.17) is 23.9 Å². The van der Waals surface area contributed by atoms with Gasteiger partial charge in [-0.05, 0) is 37.5 Å². The molecule has 8 nitrogen and oxygen atoms in total. The van der Waals surface area contributed by atoms with Gasteiger partial charge in [0.1, 0.15) is 18.5 Å². The summed E-state index contributed by atoms with van der Waals surface area (Å²) in [7, 11) is 0. The summed E-state index contributed by atoms with van der Waals surface area (Å²) >= 11 is 0. The van der Waals surface area contributed by atoms with E-state index < -0.39 is 0 Å². The number of ether oxygens (including phenoxy) is 4. The van der Waals surface area contributed by atoms with Crippen molar-refractivity contribution in [2.75, 3.05) is 72.3 Å². The number of hydrogen-bond donors (Lipinski definition) is 1. The Kier molecular flexibility index (Phi) is 9.02. The standard InChI is InChI=1S/C24H38N4O4/c1-2-25-24(28-11-16-32-23(19-28)22-7-4-12-31-22)26-18-20-5-3-6-21(17-20)30-15-10-27-8-13-29-14-9-27/h3,5-6,17,22-23H,2,4,7-16,18-19H2,1H3,(H,25,26). The van der Waals surface area contributed by atoms with Gasteiger partial charge in [-0.15, -0.1) is 0 Å². The summed E-state index contributed by atoms with van der Waals surface area (Å²) in [5, 5.41) is 3.45. The molecule has 3 aliphatic rings. The Balaban J connectivity index is 1.30. The summed E-state index contributed by atoms with van der Waals surface area (Å²) in [6.07, 6.45) is 2.55. The van der Waals surface area contributed by atoms with E-state index in [1.807, 2.05) is 12.1 Å². The van der Waals surface area contributed by atoms with Crippen LogP contribution in [0.25, 0.3) is 0 Å². The van der Waals surface area contributed by atoms with Gasteiger partial charge in [0.25, 0.3) is 0 Å². The Labute approximate surface area is 191 Å². The van der Waals surface area contributed by atoms with Crippen molar-refractivity contribution in [3.8, 4) is 5.75 Å². The lowest BCUT2D eigenvalue weighted by atomic mass is 10.1. The molecule has 0 spiro atoms. The van der Waals surface area contributed by atoms with Crippen molar-refractivity contribution >= 4 is 5.96 Å². The van der Waals surface area contributed by atoms with Crippen molar-refractivity contribution in [3.05, 3.63) is 29.8 Å². The highest BCUT2D eigenvalue weighted by Gasteiger charge is 2.32. The Morgan fingerprint density at radius 1 is 1.12 bits per heavy atom. The number of benzene rings is 1. The van der Waals surface area contributed by atoms with Gasteiger partial charge in [-0.2, -0.15) is 0 Å². The summed E-state index contributed by atoms with van der Waals surface area (Å²) in [6, 6.07) is 8.27. The van der Waals surface area contributed by atoms with Crippen molar-refractivity contribution in [2.45, 2.75) is 38.5 Å². The molecule has 3 aliphatic heterocycles. The zero-order valence-electron chi connectivity index (χ0n) is 19.3. The average Bonchev–Trinajstić information content (AvgIpc) is 3.38. The molecule has 2 unspecified atom stereocenters. The molecule has 0 radical (unpaired) electrons. The number of nitrogens with zero attached hydrogens (tertiary/aromatic N) is 3. The Hall–Kier alpha value is -1.87. The maximum absolute atomic E-state index is 6.00. The minimum absolute atomic E-state index is 0.123. The van der Waals surface area contributed by atoms with E-state index in [9.17, 15) is 0 Å². The molecular weight excluding hydrogens is 408 g/mol. The predicted octanol–water partition coefficient (Wildman–Crippen LogP) is 1.74. The van der Waals surface area contributed by atoms with Crippen LogP contribution in [-0.2, 0) is 20.8 Å². The quantitative estimate of drug-likeness (QED) is 0.482. The fourth-order valence-electron chi connectivity index (χ4n) is 4.43. The molecule has 3 heterocycles. The summed E-state index contributed by atoms with van der Waals surface area (Å²) < 4.78 is 23.3. The zero-order chi connectivity index (χ0) is 22.0. The molecule has 32 heavy (non-hydrogen) atoms. The molecule has 1 N–H and O–H groups in total. The van der Waals surface area contributed by atoms with Crippen LogP contribution in [0.3, 0.4) is 0 Å². The number of guanidine groups is 1. The lowest BCUT2D eigenvalue weighted by molar-refractivity contribution is -0.0817. The van der Waals surface area contributed by atoms with Crippen LogP contribution in [0.1, 0.15) is 25.3 Å². The van der Waals surface area contributed by atoms with Crippen LogP contribution in [0.5, 0.6) is 5.75 Å². The van der Waals surface area contributed by atoms with Crippen LogP contribution in [0.4, 0.5) is 0 Å². The van der Waals surface area contributed by atoms with Gasteiger partial charge in [-0.25, -0.2) is 4.99 Å². The van der Waals surface area contributed by atoms with E-state index in [-0.39, 0.29) is 12.2 Å². The second-order valence-corrected chi connectivity index (χ2v) is 8.53. The SMILES string of the molecule is CCNC(=NCc1cccc(OCCN2CCOCC2)c1)N1CCOC(C2CCCO2)C1. The van der Waals surface area contributed by atoms with Crippen molar-refractivity contribution < 1.29 is 18.9 Å². The second kappa shape index (κ2) is 12.4. The summed E-state index contributed by atoms with van der Waals surface area (Å²) in [5.74, 6) is 1.85. The highest BCUT2D eigenvalue weighted by atomic mass is 16.5. The minimum atomic E-state index is 0.123. The molecular formula is C24H38N4O4. The summed E-state index contributed by atoms with van der Waals surface area (Å²) in [5.41, 5.74) is 1.15. The Morgan fingerprint density at radius 3 is 2.81 bits per heavy atom. The highest BCUT2D eigenvalue weighted by molar-refractivity contribution is 5.80. The predicted molar refractivity (Wildman–Crippen MR) is 124 cm³/mol. The first-order chi connectivity index (χ1) is 15.8. The molecule has 2 atom stereocenters. The molecule has 0 aromatic heterocycles. The number of morpholine rings is 2. The van der Waals surface area contributed by atoms with Gasteiger partial charge in [0.15, 0.2) is 5.96 Å². The Morgan fingerprint density at radius 2 is 2.00 bits per heavy atom. The summed E-state index contributed by atoms with van der Waals surface area (Å²) in [4.78, 5) is 9.61. The van der Waals surface area contributed by atoms with E-state index >= 15 is 0 Å². The van der Waals surface area contributed by atoms with Crippen molar-refractivity contribution in [1.82, 2.24) is 15.1 Å². The highest BCUT2D eigenvalue weighted by Crippen LogP contribution is 2.21. The van der Waals surface area contributed by atoms with Crippen molar-refractivity contribution in [3.63, 3.8) is 0 Å². The van der Waals surface area contributed by atoms with Crippen LogP contribution in [0.2, 0.25) is 0 Å². The average molecular weight is 447 g/mol. The third-order valence-corrected chi connectivity index (χ3v) is 6.20. The molecule has 0 aliphatic carbocycles. The van der Waals surface area contributed by atoms with E-state index in [1.165, 1.54) is 0 Å². The van der Waals surface area contributed by atoms with Gasteiger partial charge in [-0.1, -0.05) is 12.1 Å². The Bertz CT molecular complexity index is 720. The third kappa shape index (κ3) is 6.81. The van der Waals surface area contributed by atoms with Crippen LogP contribution in [-0.4, -0.2) is 100 Å². The van der Waals surface area contributed by atoms with Crippen LogP contribution >= 0.6 is 0 Å². The van der Waals surface area contributed by atoms with Crippen LogP contribution < -0.4 is 10.1 Å². The van der Waals surface area contributed by atoms with Gasteiger partial charge in [-0.3, -0.25) is 4.90 Å². The number of nitrogens with one attached hydrogen (secondary N) is 1. The zero-order valence-corrected chi connectivity index (χ0v) is 19.3. The first kappa shape index (κ1) is 23.3. The topological polar surface area (TPSA) is 67.8 Å². The molecule has 0 bridgehead atoms. The van der Waals surface area contributed by atoms with E-state index in [0.717, 1.165) is 89.2 Å². The van der Waals surface area contributed by atoms with Gasteiger partial charge >= 0.3 is 0 Å². The normalized spacial score (nSPS) is 25.2. The molecule has 0 amide bonds. The second-order valence-electron chi connectivity index (χ2n) is 8.53. The number of hydrogen-bond acceptors (Lipinski definition) is 6. The van der Waals surface area contributed by atoms with Gasteiger partial charge in [0.2, 0.25) is 0 Å². The van der Waals surface area contributed by atoms with Gasteiger partial charge in [0, 0.05) is 45.9 Å². The van der Waals surface area contributed by atoms with Gasteiger partial charge in [0.05, 0.1) is 32.5 Å². The summed E-state index contributed by atoms with van der Waals surface area (Å²) in [6.45, 7) is 12.0. The maximum Gasteiger partial charge on any atom is 0.194 e. The van der Waals surface area contributed by atoms with E-state index in [1.54, 1.807) is 0 Å². The van der Waals surface area contributed by atoms with Crippen molar-refractivity contribution in [1.29, 1.82) is 0 Å². The van der Waals surface area contributed by atoms with E-state index in [2.05, 4.69) is 34.2 Å². The molecule has 0 saturated carbocycles. The fourth-order valence-corrected chi connectivity index (χ4v) is 4.43. The number of aliphatic imine (C=N–C) groups is 1. The first-order valence-corrected chi connectivity index (χ1v) is 12.1. The maximum atomic E-state index is 6.00. The van der Waals surface area contributed by atoms with E-state index in [0.29, 0.717) is 19.8 Å². The molecule has 1 aromatic carbocycles. The molecule has 1 aromatic rings. The third-order valence-electron chi connectivity index (χ3n) is 6.20. The lowest BCUT2D eigenvalue weighted by Gasteiger charge is -2.37. The molecule has 4 rings (SSSR count). The molecule has 178 valence electrons. The largest absolute Gasteiger partial charge is 0.492 e. The lowest BCUT2D eigenvalue weighted by Crippen LogP contribution is -2.53. The number of rotatable bonds is 8. The molecule has 8 heteroatoms. The monoisotopic (exact) mass is 446 g/mol. The smallest absolute Gasteiger partial charge is 0.194 e. The fraction of sp³-hybridized carbons (Fsp3) is 0.708. The van der Waals surface area contributed by atoms with Crippen LogP contribution in [0.15, 0.2) is 29.3 Å². The molecule has 3 fully saturated rings.